The van der Waals surface area contributed by atoms with Crippen molar-refractivity contribution in [2.75, 3.05) is 0 Å². The van der Waals surface area contributed by atoms with Crippen molar-refractivity contribution in [1.82, 2.24) is 14.8 Å². The maximum Gasteiger partial charge on any atom is 0.191 e. The van der Waals surface area contributed by atoms with Crippen LogP contribution in [0.3, 0.4) is 0 Å². The predicted molar refractivity (Wildman–Crippen MR) is 111 cm³/mol. The van der Waals surface area contributed by atoms with E-state index >= 15 is 0 Å². The molecule has 3 nitrogen and oxygen atoms in total. The Morgan fingerprint density at radius 1 is 0.962 bits per heavy atom. The minimum absolute atomic E-state index is 0.133. The molecule has 0 fully saturated rings. The first-order chi connectivity index (χ1) is 12.3. The summed E-state index contributed by atoms with van der Waals surface area (Å²) in [6.45, 7) is 6.62. The molecule has 0 bridgehead atoms. The molecule has 0 unspecified atom stereocenters. The number of aromatic nitrogens is 3. The number of rotatable bonds is 4. The smallest absolute Gasteiger partial charge is 0.191 e. The minimum atomic E-state index is 0.133. The number of benzene rings is 2. The average molecular weight is 406 g/mol. The van der Waals surface area contributed by atoms with E-state index in [-0.39, 0.29) is 5.41 Å². The molecule has 26 heavy (non-hydrogen) atoms. The quantitative estimate of drug-likeness (QED) is 0.471. The fourth-order valence-electron chi connectivity index (χ4n) is 2.62. The zero-order chi connectivity index (χ0) is 18.9. The molecule has 0 atom stereocenters. The van der Waals surface area contributed by atoms with E-state index in [2.05, 4.69) is 55.2 Å². The molecule has 0 amide bonds. The summed E-state index contributed by atoms with van der Waals surface area (Å²) in [5.41, 5.74) is 3.40. The first-order valence-electron chi connectivity index (χ1n) is 8.33. The molecule has 0 radical (unpaired) electrons. The summed E-state index contributed by atoms with van der Waals surface area (Å²) in [6, 6.07) is 14.1. The lowest BCUT2D eigenvalue weighted by molar-refractivity contribution is 0.590. The number of hydrogen-bond donors (Lipinski definition) is 0. The third-order valence-electron chi connectivity index (χ3n) is 4.25. The fourth-order valence-corrected chi connectivity index (χ4v) is 4.27. The number of nitrogens with zero attached hydrogens (tertiary/aromatic N) is 3. The Bertz CT molecular complexity index is 892. The first-order valence-corrected chi connectivity index (χ1v) is 10.1. The van der Waals surface area contributed by atoms with Gasteiger partial charge in [-0.25, -0.2) is 0 Å². The van der Waals surface area contributed by atoms with Crippen LogP contribution >= 0.6 is 35.0 Å². The number of hydrogen-bond acceptors (Lipinski definition) is 3. The van der Waals surface area contributed by atoms with Crippen molar-refractivity contribution in [3.8, 4) is 11.4 Å². The van der Waals surface area contributed by atoms with Gasteiger partial charge in [-0.15, -0.1) is 10.2 Å². The molecule has 3 aromatic rings. The Hall–Kier alpha value is -1.49. The summed E-state index contributed by atoms with van der Waals surface area (Å²) in [4.78, 5) is 0. The molecule has 1 heterocycles. The summed E-state index contributed by atoms with van der Waals surface area (Å²) < 4.78 is 2.00. The zero-order valence-corrected chi connectivity index (χ0v) is 17.6. The highest BCUT2D eigenvalue weighted by Crippen LogP contribution is 2.32. The molecular formula is C20H21Cl2N3S. The van der Waals surface area contributed by atoms with Gasteiger partial charge in [-0.05, 0) is 28.7 Å². The summed E-state index contributed by atoms with van der Waals surface area (Å²) >= 11 is 14.1. The van der Waals surface area contributed by atoms with Crippen LogP contribution in [0.2, 0.25) is 10.0 Å². The van der Waals surface area contributed by atoms with Gasteiger partial charge in [-0.1, -0.05) is 86.1 Å². The number of halogens is 2. The van der Waals surface area contributed by atoms with Gasteiger partial charge in [0.15, 0.2) is 11.0 Å². The van der Waals surface area contributed by atoms with Gasteiger partial charge >= 0.3 is 0 Å². The van der Waals surface area contributed by atoms with Gasteiger partial charge in [0.2, 0.25) is 0 Å². The van der Waals surface area contributed by atoms with Crippen LogP contribution in [0.1, 0.15) is 31.9 Å². The minimum Gasteiger partial charge on any atom is -0.305 e. The van der Waals surface area contributed by atoms with Crippen LogP contribution < -0.4 is 0 Å². The number of thioether (sulfide) groups is 1. The van der Waals surface area contributed by atoms with E-state index in [9.17, 15) is 0 Å². The van der Waals surface area contributed by atoms with E-state index in [1.807, 2.05) is 29.8 Å². The summed E-state index contributed by atoms with van der Waals surface area (Å²) in [5.74, 6) is 1.49. The van der Waals surface area contributed by atoms with Crippen LogP contribution in [0.15, 0.2) is 47.6 Å². The van der Waals surface area contributed by atoms with Gasteiger partial charge in [0.1, 0.15) is 0 Å². The molecule has 0 aliphatic carbocycles. The van der Waals surface area contributed by atoms with E-state index in [4.69, 9.17) is 23.2 Å². The van der Waals surface area contributed by atoms with E-state index in [0.717, 1.165) is 22.1 Å². The van der Waals surface area contributed by atoms with Crippen molar-refractivity contribution < 1.29 is 0 Å². The SMILES string of the molecule is Cn1c(SCc2c(Cl)cccc2Cl)nnc1-c1ccc(C(C)(C)C)cc1. The van der Waals surface area contributed by atoms with E-state index in [0.29, 0.717) is 15.8 Å². The predicted octanol–water partition coefficient (Wildman–Crippen LogP) is 6.38. The van der Waals surface area contributed by atoms with Gasteiger partial charge < -0.3 is 4.57 Å². The van der Waals surface area contributed by atoms with E-state index in [1.165, 1.54) is 5.56 Å². The van der Waals surface area contributed by atoms with E-state index in [1.54, 1.807) is 11.8 Å². The highest BCUT2D eigenvalue weighted by atomic mass is 35.5. The maximum absolute atomic E-state index is 6.25. The van der Waals surface area contributed by atoms with Crippen molar-refractivity contribution in [2.45, 2.75) is 37.1 Å². The van der Waals surface area contributed by atoms with Crippen molar-refractivity contribution >= 4 is 35.0 Å². The van der Waals surface area contributed by atoms with Gasteiger partial charge in [0.25, 0.3) is 0 Å². The lowest BCUT2D eigenvalue weighted by Gasteiger charge is -2.19. The second-order valence-corrected chi connectivity index (χ2v) is 8.94. The van der Waals surface area contributed by atoms with Crippen LogP contribution in [0.25, 0.3) is 11.4 Å². The first kappa shape index (κ1) is 19.3. The topological polar surface area (TPSA) is 30.7 Å². The maximum atomic E-state index is 6.25. The van der Waals surface area contributed by atoms with E-state index < -0.39 is 0 Å². The molecule has 0 aliphatic rings. The molecular weight excluding hydrogens is 385 g/mol. The van der Waals surface area contributed by atoms with Gasteiger partial charge in [-0.2, -0.15) is 0 Å². The zero-order valence-electron chi connectivity index (χ0n) is 15.3. The van der Waals surface area contributed by atoms with Crippen LogP contribution in [0.5, 0.6) is 0 Å². The standard InChI is InChI=1S/C20H21Cl2N3S/c1-20(2,3)14-10-8-13(9-11-14)18-23-24-19(25(18)4)26-12-15-16(21)6-5-7-17(15)22/h5-11H,12H2,1-4H3. The molecule has 1 aromatic heterocycles. The molecule has 3 rings (SSSR count). The molecule has 0 aliphatic heterocycles. The van der Waals surface area contributed by atoms with Gasteiger partial charge in [0.05, 0.1) is 0 Å². The third-order valence-corrected chi connectivity index (χ3v) is 6.01. The summed E-state index contributed by atoms with van der Waals surface area (Å²) in [5, 5.41) is 10.9. The molecule has 0 saturated heterocycles. The summed E-state index contributed by atoms with van der Waals surface area (Å²) in [7, 11) is 1.98. The van der Waals surface area contributed by atoms with Crippen LogP contribution in [0, 0.1) is 0 Å². The second-order valence-electron chi connectivity index (χ2n) is 7.18. The van der Waals surface area contributed by atoms with Crippen molar-refractivity contribution in [1.29, 1.82) is 0 Å². The van der Waals surface area contributed by atoms with Crippen LogP contribution in [0.4, 0.5) is 0 Å². The largest absolute Gasteiger partial charge is 0.305 e. The molecule has 136 valence electrons. The lowest BCUT2D eigenvalue weighted by atomic mass is 9.87. The Morgan fingerprint density at radius 2 is 1.58 bits per heavy atom. The van der Waals surface area contributed by atoms with Crippen molar-refractivity contribution in [3.63, 3.8) is 0 Å². The molecule has 0 N–H and O–H groups in total. The molecule has 6 heteroatoms. The monoisotopic (exact) mass is 405 g/mol. The second kappa shape index (κ2) is 7.63. The Kier molecular flexibility index (Phi) is 5.66. The molecule has 0 saturated carbocycles. The summed E-state index contributed by atoms with van der Waals surface area (Å²) in [6.07, 6.45) is 0. The van der Waals surface area contributed by atoms with Gasteiger partial charge in [0, 0.05) is 28.4 Å². The average Bonchev–Trinajstić information content (AvgIpc) is 2.95. The van der Waals surface area contributed by atoms with Crippen LogP contribution in [-0.4, -0.2) is 14.8 Å². The third kappa shape index (κ3) is 4.08. The molecule has 0 spiro atoms. The highest BCUT2D eigenvalue weighted by molar-refractivity contribution is 7.98. The van der Waals surface area contributed by atoms with Crippen LogP contribution in [-0.2, 0) is 18.2 Å². The fraction of sp³-hybridized carbons (Fsp3) is 0.300. The Morgan fingerprint density at radius 3 is 2.15 bits per heavy atom. The normalized spacial score (nSPS) is 11.8. The Balaban J connectivity index is 1.80. The Labute approximate surface area is 168 Å². The van der Waals surface area contributed by atoms with Crippen molar-refractivity contribution in [3.05, 3.63) is 63.6 Å². The lowest BCUT2D eigenvalue weighted by Crippen LogP contribution is -2.10. The molecule has 2 aromatic carbocycles. The van der Waals surface area contributed by atoms with Crippen molar-refractivity contribution in [2.24, 2.45) is 7.05 Å². The highest BCUT2D eigenvalue weighted by Gasteiger charge is 2.16. The van der Waals surface area contributed by atoms with Gasteiger partial charge in [-0.3, -0.25) is 0 Å².